The molecule has 0 amide bonds. The maximum Gasteiger partial charge on any atom is 0.137 e. The van der Waals surface area contributed by atoms with Crippen LogP contribution in [0.3, 0.4) is 0 Å². The first-order chi connectivity index (χ1) is 8.31. The minimum atomic E-state index is 0.565. The van der Waals surface area contributed by atoms with Crippen LogP contribution in [0, 0.1) is 5.92 Å². The molecule has 2 atom stereocenters. The first-order valence-corrected chi connectivity index (χ1v) is 6.54. The Morgan fingerprint density at radius 3 is 3.12 bits per heavy atom. The highest BCUT2D eigenvalue weighted by Crippen LogP contribution is 2.27. The number of aromatic nitrogens is 1. The van der Waals surface area contributed by atoms with E-state index in [-0.39, 0.29) is 0 Å². The summed E-state index contributed by atoms with van der Waals surface area (Å²) in [7, 11) is 2.20. The molecule has 2 rings (SSSR count). The largest absolute Gasteiger partial charge is 0.490 e. The zero-order valence-electron chi connectivity index (χ0n) is 10.8. The average Bonchev–Trinajstić information content (AvgIpc) is 2.70. The normalized spacial score (nSPS) is 25.1. The standard InChI is InChI=1S/C14H22N2O/c1-3-5-12-7-9-16(2)14(12)11-17-13-6-4-8-15-10-13/h4,6,8,10,12,14H,3,5,7,9,11H2,1-2H3/t12-,14-/m0/s1. The fraction of sp³-hybridized carbons (Fsp3) is 0.643. The highest BCUT2D eigenvalue weighted by atomic mass is 16.5. The molecule has 2 heterocycles. The van der Waals surface area contributed by atoms with Crippen LogP contribution in [0.2, 0.25) is 0 Å². The lowest BCUT2D eigenvalue weighted by atomic mass is 9.96. The number of rotatable bonds is 5. The van der Waals surface area contributed by atoms with Crippen molar-refractivity contribution in [3.05, 3.63) is 24.5 Å². The molecule has 0 radical (unpaired) electrons. The van der Waals surface area contributed by atoms with Crippen molar-refractivity contribution < 1.29 is 4.74 Å². The van der Waals surface area contributed by atoms with Crippen molar-refractivity contribution in [1.82, 2.24) is 9.88 Å². The van der Waals surface area contributed by atoms with Crippen LogP contribution in [0.25, 0.3) is 0 Å². The second-order valence-corrected chi connectivity index (χ2v) is 4.89. The number of nitrogens with zero attached hydrogens (tertiary/aromatic N) is 2. The van der Waals surface area contributed by atoms with Crippen LogP contribution >= 0.6 is 0 Å². The zero-order chi connectivity index (χ0) is 12.1. The van der Waals surface area contributed by atoms with E-state index < -0.39 is 0 Å². The molecule has 17 heavy (non-hydrogen) atoms. The summed E-state index contributed by atoms with van der Waals surface area (Å²) in [5, 5.41) is 0. The quantitative estimate of drug-likeness (QED) is 0.783. The highest BCUT2D eigenvalue weighted by Gasteiger charge is 2.31. The molecule has 1 fully saturated rings. The van der Waals surface area contributed by atoms with E-state index >= 15 is 0 Å². The monoisotopic (exact) mass is 234 g/mol. The predicted molar refractivity (Wildman–Crippen MR) is 69.2 cm³/mol. The number of hydrogen-bond donors (Lipinski definition) is 0. The molecule has 1 aliphatic rings. The summed E-state index contributed by atoms with van der Waals surface area (Å²) >= 11 is 0. The van der Waals surface area contributed by atoms with Crippen LogP contribution in [0.1, 0.15) is 26.2 Å². The lowest BCUT2D eigenvalue weighted by molar-refractivity contribution is 0.166. The van der Waals surface area contributed by atoms with Crippen molar-refractivity contribution in [1.29, 1.82) is 0 Å². The molecule has 1 aromatic heterocycles. The van der Waals surface area contributed by atoms with Gasteiger partial charge in [0.1, 0.15) is 12.4 Å². The van der Waals surface area contributed by atoms with Crippen molar-refractivity contribution in [3.63, 3.8) is 0 Å². The highest BCUT2D eigenvalue weighted by molar-refractivity contribution is 5.15. The third-order valence-electron chi connectivity index (χ3n) is 3.68. The topological polar surface area (TPSA) is 25.4 Å². The Kier molecular flexibility index (Phi) is 4.37. The van der Waals surface area contributed by atoms with E-state index in [4.69, 9.17) is 4.74 Å². The van der Waals surface area contributed by atoms with E-state index in [2.05, 4.69) is 23.9 Å². The van der Waals surface area contributed by atoms with E-state index in [1.54, 1.807) is 12.4 Å². The molecule has 1 aliphatic heterocycles. The van der Waals surface area contributed by atoms with Crippen LogP contribution in [0.15, 0.2) is 24.5 Å². The van der Waals surface area contributed by atoms with Gasteiger partial charge < -0.3 is 4.74 Å². The molecule has 0 aliphatic carbocycles. The molecule has 0 aromatic carbocycles. The van der Waals surface area contributed by atoms with E-state index in [0.717, 1.165) is 18.3 Å². The third-order valence-corrected chi connectivity index (χ3v) is 3.68. The molecule has 0 N–H and O–H groups in total. The Bertz CT molecular complexity index is 326. The Morgan fingerprint density at radius 1 is 1.53 bits per heavy atom. The van der Waals surface area contributed by atoms with Crippen molar-refractivity contribution in [2.24, 2.45) is 5.92 Å². The predicted octanol–water partition coefficient (Wildman–Crippen LogP) is 2.58. The van der Waals surface area contributed by atoms with Gasteiger partial charge in [-0.3, -0.25) is 9.88 Å². The first-order valence-electron chi connectivity index (χ1n) is 6.54. The van der Waals surface area contributed by atoms with Gasteiger partial charge in [0.2, 0.25) is 0 Å². The number of likely N-dealkylation sites (N-methyl/N-ethyl adjacent to an activating group) is 1. The van der Waals surface area contributed by atoms with Gasteiger partial charge in [0.15, 0.2) is 0 Å². The average molecular weight is 234 g/mol. The van der Waals surface area contributed by atoms with Crippen LogP contribution in [-0.4, -0.2) is 36.1 Å². The smallest absolute Gasteiger partial charge is 0.137 e. The van der Waals surface area contributed by atoms with Crippen LogP contribution < -0.4 is 4.74 Å². The van der Waals surface area contributed by atoms with Gasteiger partial charge in [-0.2, -0.15) is 0 Å². The van der Waals surface area contributed by atoms with Gasteiger partial charge in [0, 0.05) is 12.2 Å². The number of pyridine rings is 1. The van der Waals surface area contributed by atoms with Gasteiger partial charge in [0.05, 0.1) is 6.20 Å². The molecular weight excluding hydrogens is 212 g/mol. The summed E-state index contributed by atoms with van der Waals surface area (Å²) in [6.07, 6.45) is 7.44. The fourth-order valence-corrected chi connectivity index (χ4v) is 2.67. The van der Waals surface area contributed by atoms with Gasteiger partial charge in [-0.15, -0.1) is 0 Å². The van der Waals surface area contributed by atoms with E-state index in [9.17, 15) is 0 Å². The first kappa shape index (κ1) is 12.4. The SMILES string of the molecule is CCC[C@H]1CCN(C)[C@H]1COc1cccnc1. The molecule has 0 spiro atoms. The lowest BCUT2D eigenvalue weighted by Gasteiger charge is -2.24. The van der Waals surface area contributed by atoms with Crippen molar-refractivity contribution >= 4 is 0 Å². The van der Waals surface area contributed by atoms with Crippen molar-refractivity contribution in [3.8, 4) is 5.75 Å². The Labute approximate surface area is 104 Å². The molecule has 94 valence electrons. The maximum absolute atomic E-state index is 5.83. The van der Waals surface area contributed by atoms with Gasteiger partial charge in [-0.1, -0.05) is 13.3 Å². The second kappa shape index (κ2) is 6.01. The van der Waals surface area contributed by atoms with Gasteiger partial charge >= 0.3 is 0 Å². The summed E-state index contributed by atoms with van der Waals surface area (Å²) in [6.45, 7) is 4.25. The molecule has 1 aromatic rings. The third kappa shape index (κ3) is 3.19. The minimum absolute atomic E-state index is 0.565. The summed E-state index contributed by atoms with van der Waals surface area (Å²) < 4.78 is 5.83. The lowest BCUT2D eigenvalue weighted by Crippen LogP contribution is -2.35. The van der Waals surface area contributed by atoms with Gasteiger partial charge in [-0.05, 0) is 44.5 Å². The summed E-state index contributed by atoms with van der Waals surface area (Å²) in [5.74, 6) is 1.67. The Balaban J connectivity index is 1.88. The Morgan fingerprint density at radius 2 is 2.41 bits per heavy atom. The number of likely N-dealkylation sites (tertiary alicyclic amines) is 1. The second-order valence-electron chi connectivity index (χ2n) is 4.89. The molecule has 3 nitrogen and oxygen atoms in total. The van der Waals surface area contributed by atoms with Gasteiger partial charge in [0.25, 0.3) is 0 Å². The van der Waals surface area contributed by atoms with Crippen LogP contribution in [0.5, 0.6) is 5.75 Å². The summed E-state index contributed by atoms with van der Waals surface area (Å²) in [4.78, 5) is 6.49. The summed E-state index contributed by atoms with van der Waals surface area (Å²) in [6, 6.07) is 4.45. The Hall–Kier alpha value is -1.09. The van der Waals surface area contributed by atoms with Crippen LogP contribution in [-0.2, 0) is 0 Å². The van der Waals surface area contributed by atoms with Crippen molar-refractivity contribution in [2.45, 2.75) is 32.2 Å². The summed E-state index contributed by atoms with van der Waals surface area (Å²) in [5.41, 5.74) is 0. The van der Waals surface area contributed by atoms with Crippen molar-refractivity contribution in [2.75, 3.05) is 20.2 Å². The van der Waals surface area contributed by atoms with Crippen LogP contribution in [0.4, 0.5) is 0 Å². The molecule has 0 saturated carbocycles. The number of ether oxygens (including phenoxy) is 1. The molecule has 3 heteroatoms. The molecule has 1 saturated heterocycles. The van der Waals surface area contributed by atoms with Gasteiger partial charge in [-0.25, -0.2) is 0 Å². The zero-order valence-corrected chi connectivity index (χ0v) is 10.8. The van der Waals surface area contributed by atoms with E-state index in [0.29, 0.717) is 6.04 Å². The molecule has 0 bridgehead atoms. The minimum Gasteiger partial charge on any atom is -0.490 e. The number of hydrogen-bond acceptors (Lipinski definition) is 3. The van der Waals surface area contributed by atoms with E-state index in [1.807, 2.05) is 12.1 Å². The van der Waals surface area contributed by atoms with E-state index in [1.165, 1.54) is 25.8 Å². The molecular formula is C14H22N2O. The maximum atomic E-state index is 5.83. The molecule has 0 unspecified atom stereocenters. The fourth-order valence-electron chi connectivity index (χ4n) is 2.67.